The molecule has 0 bridgehead atoms. The molecular weight excluding hydrogens is 480 g/mol. The minimum atomic E-state index is -0.262. The summed E-state index contributed by atoms with van der Waals surface area (Å²) in [6.07, 6.45) is 3.18. The summed E-state index contributed by atoms with van der Waals surface area (Å²) >= 11 is 0. The normalized spacial score (nSPS) is 15.9. The molecule has 3 aromatic carbocycles. The van der Waals surface area contributed by atoms with E-state index < -0.39 is 0 Å². The first-order valence-corrected chi connectivity index (χ1v) is 12.9. The van der Waals surface area contributed by atoms with Crippen molar-refractivity contribution in [2.75, 3.05) is 31.1 Å². The van der Waals surface area contributed by atoms with E-state index in [4.69, 9.17) is 4.74 Å². The third kappa shape index (κ3) is 4.95. The Hall–Kier alpha value is -4.30. The van der Waals surface area contributed by atoms with E-state index >= 15 is 0 Å². The van der Waals surface area contributed by atoms with Gasteiger partial charge in [0.1, 0.15) is 23.3 Å². The van der Waals surface area contributed by atoms with Gasteiger partial charge in [-0.2, -0.15) is 9.78 Å². The highest BCUT2D eigenvalue weighted by Crippen LogP contribution is 2.31. The van der Waals surface area contributed by atoms with E-state index in [1.165, 1.54) is 21.9 Å². The van der Waals surface area contributed by atoms with Gasteiger partial charge in [-0.1, -0.05) is 42.5 Å². The third-order valence-electron chi connectivity index (χ3n) is 7.30. The van der Waals surface area contributed by atoms with E-state index in [0.717, 1.165) is 31.5 Å². The van der Waals surface area contributed by atoms with Crippen LogP contribution in [0.15, 0.2) is 83.8 Å². The van der Waals surface area contributed by atoms with Crippen LogP contribution >= 0.6 is 0 Å². The molecule has 0 radical (unpaired) electrons. The molecule has 0 amide bonds. The second kappa shape index (κ2) is 10.2. The van der Waals surface area contributed by atoms with Crippen molar-refractivity contribution in [3.8, 4) is 22.9 Å². The highest BCUT2D eigenvalue weighted by molar-refractivity contribution is 5.57. The molecule has 194 valence electrons. The quantitative estimate of drug-likeness (QED) is 0.410. The molecule has 2 N–H and O–H groups in total. The average molecular weight is 511 g/mol. The summed E-state index contributed by atoms with van der Waals surface area (Å²) in [5.74, 6) is 0.451. The average Bonchev–Trinajstić information content (AvgIpc) is 3.33. The van der Waals surface area contributed by atoms with E-state index in [1.54, 1.807) is 18.3 Å². The number of nitrogens with zero attached hydrogens (tertiary/aromatic N) is 4. The molecule has 2 aliphatic rings. The van der Waals surface area contributed by atoms with Crippen molar-refractivity contribution in [1.29, 1.82) is 0 Å². The Morgan fingerprint density at radius 3 is 2.13 bits per heavy atom. The van der Waals surface area contributed by atoms with Crippen molar-refractivity contribution >= 4 is 5.69 Å². The van der Waals surface area contributed by atoms with Crippen molar-refractivity contribution < 1.29 is 14.9 Å². The molecular formula is C30H30N4O4. The minimum absolute atomic E-state index is 0.0551. The van der Waals surface area contributed by atoms with Gasteiger partial charge in [0.15, 0.2) is 0 Å². The second-order valence-corrected chi connectivity index (χ2v) is 9.95. The zero-order chi connectivity index (χ0) is 26.1. The Kier molecular flexibility index (Phi) is 6.47. The van der Waals surface area contributed by atoms with Gasteiger partial charge in [0.2, 0.25) is 5.75 Å². The maximum Gasteiger partial charge on any atom is 0.316 e. The summed E-state index contributed by atoms with van der Waals surface area (Å²) in [4.78, 5) is 18.2. The highest BCUT2D eigenvalue weighted by Gasteiger charge is 2.28. The highest BCUT2D eigenvalue weighted by atomic mass is 16.5. The topological polar surface area (TPSA) is 91.1 Å². The van der Waals surface area contributed by atoms with Crippen molar-refractivity contribution in [3.05, 3.63) is 106 Å². The van der Waals surface area contributed by atoms with E-state index in [1.807, 2.05) is 42.5 Å². The Labute approximate surface area is 221 Å². The van der Waals surface area contributed by atoms with Gasteiger partial charge in [0.25, 0.3) is 0 Å². The van der Waals surface area contributed by atoms with Crippen molar-refractivity contribution in [2.45, 2.75) is 25.5 Å². The molecule has 1 aliphatic heterocycles. The van der Waals surface area contributed by atoms with Gasteiger partial charge in [0, 0.05) is 51.6 Å². The predicted molar refractivity (Wildman–Crippen MR) is 145 cm³/mol. The molecule has 8 heteroatoms. The molecule has 1 saturated heterocycles. The van der Waals surface area contributed by atoms with Crippen molar-refractivity contribution in [3.63, 3.8) is 0 Å². The fraction of sp³-hybridized carbons (Fsp3) is 0.267. The predicted octanol–water partition coefficient (Wildman–Crippen LogP) is 3.51. The molecule has 6 rings (SSSR count). The zero-order valence-corrected chi connectivity index (χ0v) is 21.0. The Balaban J connectivity index is 1.24. The lowest BCUT2D eigenvalue weighted by atomic mass is 10.1. The smallest absolute Gasteiger partial charge is 0.316 e. The monoisotopic (exact) mass is 510 g/mol. The summed E-state index contributed by atoms with van der Waals surface area (Å²) in [6, 6.07) is 22.4. The molecule has 0 saturated carbocycles. The van der Waals surface area contributed by atoms with Crippen LogP contribution in [-0.4, -0.2) is 57.2 Å². The summed E-state index contributed by atoms with van der Waals surface area (Å²) in [5, 5.41) is 24.1. The number of anilines is 1. The lowest BCUT2D eigenvalue weighted by Gasteiger charge is -2.36. The molecule has 1 fully saturated rings. The fourth-order valence-electron chi connectivity index (χ4n) is 5.44. The number of phenolic OH excluding ortho intramolecular Hbond substituents is 2. The van der Waals surface area contributed by atoms with E-state index in [9.17, 15) is 15.0 Å². The Morgan fingerprint density at radius 1 is 0.842 bits per heavy atom. The molecule has 2 heterocycles. The van der Waals surface area contributed by atoms with Gasteiger partial charge < -0.3 is 19.8 Å². The summed E-state index contributed by atoms with van der Waals surface area (Å²) < 4.78 is 7.91. The van der Waals surface area contributed by atoms with Crippen LogP contribution in [0, 0.1) is 0 Å². The molecule has 0 spiro atoms. The zero-order valence-electron chi connectivity index (χ0n) is 21.0. The number of aromatic nitrogens is 2. The largest absolute Gasteiger partial charge is 0.508 e. The van der Waals surface area contributed by atoms with Gasteiger partial charge in [-0.3, -0.25) is 9.69 Å². The number of benzene rings is 3. The van der Waals surface area contributed by atoms with Crippen LogP contribution in [0.1, 0.15) is 16.7 Å². The SMILES string of the molecule is O=c1c(OC2Cc3ccccc3C2)c(N2CCN(Cc3cc(O)cc(O)c3)CC2)cnn1-c1ccccc1. The second-order valence-electron chi connectivity index (χ2n) is 9.95. The summed E-state index contributed by atoms with van der Waals surface area (Å²) in [7, 11) is 0. The number of hydrogen-bond acceptors (Lipinski definition) is 7. The maximum absolute atomic E-state index is 13.8. The van der Waals surface area contributed by atoms with Crippen LogP contribution < -0.4 is 15.2 Å². The number of ether oxygens (including phenoxy) is 1. The van der Waals surface area contributed by atoms with E-state index in [-0.39, 0.29) is 23.2 Å². The lowest BCUT2D eigenvalue weighted by molar-refractivity contribution is 0.207. The van der Waals surface area contributed by atoms with Crippen LogP contribution in [0.4, 0.5) is 5.69 Å². The Bertz CT molecular complexity index is 1450. The van der Waals surface area contributed by atoms with Crippen LogP contribution in [-0.2, 0) is 19.4 Å². The fourth-order valence-corrected chi connectivity index (χ4v) is 5.44. The molecule has 0 unspecified atom stereocenters. The number of fused-ring (bicyclic) bond motifs is 1. The molecule has 8 nitrogen and oxygen atoms in total. The first-order valence-electron chi connectivity index (χ1n) is 12.9. The third-order valence-corrected chi connectivity index (χ3v) is 7.30. The number of para-hydroxylation sites is 1. The van der Waals surface area contributed by atoms with E-state index in [2.05, 4.69) is 27.0 Å². The standard InChI is InChI=1S/C30H30N4O4/c35-25-14-21(15-26(36)18-25)20-32-10-12-33(13-11-32)28-19-31-34(24-8-2-1-3-9-24)30(37)29(28)38-27-16-22-6-4-5-7-23(22)17-27/h1-9,14-15,18-19,27,35-36H,10-13,16-17,20H2. The molecule has 4 aromatic rings. The molecule has 1 aromatic heterocycles. The number of phenols is 2. The van der Waals surface area contributed by atoms with Crippen molar-refractivity contribution in [2.24, 2.45) is 0 Å². The van der Waals surface area contributed by atoms with Gasteiger partial charge >= 0.3 is 5.56 Å². The minimum Gasteiger partial charge on any atom is -0.508 e. The maximum atomic E-state index is 13.8. The van der Waals surface area contributed by atoms with Crippen LogP contribution in [0.2, 0.25) is 0 Å². The molecule has 1 aliphatic carbocycles. The Morgan fingerprint density at radius 2 is 1.47 bits per heavy atom. The van der Waals surface area contributed by atoms with Crippen LogP contribution in [0.3, 0.4) is 0 Å². The van der Waals surface area contributed by atoms with Gasteiger partial charge in [0.05, 0.1) is 11.9 Å². The van der Waals surface area contributed by atoms with Gasteiger partial charge in [-0.25, -0.2) is 0 Å². The van der Waals surface area contributed by atoms with Crippen LogP contribution in [0.25, 0.3) is 5.69 Å². The summed E-state index contributed by atoms with van der Waals surface area (Å²) in [6.45, 7) is 3.53. The lowest BCUT2D eigenvalue weighted by Crippen LogP contribution is -2.46. The van der Waals surface area contributed by atoms with Gasteiger partial charge in [-0.05, 0) is 41.0 Å². The first kappa shape index (κ1) is 24.1. The molecule has 38 heavy (non-hydrogen) atoms. The molecule has 0 atom stereocenters. The van der Waals surface area contributed by atoms with Crippen LogP contribution in [0.5, 0.6) is 17.2 Å². The first-order chi connectivity index (χ1) is 18.5. The number of piperazine rings is 1. The van der Waals surface area contributed by atoms with Gasteiger partial charge in [-0.15, -0.1) is 0 Å². The van der Waals surface area contributed by atoms with Crippen molar-refractivity contribution in [1.82, 2.24) is 14.7 Å². The number of rotatable bonds is 6. The number of aromatic hydroxyl groups is 2. The van der Waals surface area contributed by atoms with E-state index in [0.29, 0.717) is 36.8 Å². The number of hydrogen-bond donors (Lipinski definition) is 2. The summed E-state index contributed by atoms with van der Waals surface area (Å²) in [5.41, 5.74) is 4.54.